The van der Waals surface area contributed by atoms with Crippen molar-refractivity contribution in [3.05, 3.63) is 65.2 Å². The molecule has 18 heavy (non-hydrogen) atoms. The van der Waals surface area contributed by atoms with E-state index in [1.807, 2.05) is 48.5 Å². The highest BCUT2D eigenvalue weighted by Crippen LogP contribution is 2.19. The summed E-state index contributed by atoms with van der Waals surface area (Å²) in [5.74, 6) is 0.582. The molecule has 2 aromatic rings. The highest BCUT2D eigenvalue weighted by Gasteiger charge is 2.01. The number of ether oxygens (including phenoxy) is 1. The predicted octanol–water partition coefficient (Wildman–Crippen LogP) is 3.82. The van der Waals surface area contributed by atoms with Gasteiger partial charge in [0.2, 0.25) is 5.88 Å². The summed E-state index contributed by atoms with van der Waals surface area (Å²) in [6.45, 7) is 0.504. The van der Waals surface area contributed by atoms with Crippen LogP contribution in [0.25, 0.3) is 4.91 Å². The molecule has 0 saturated heterocycles. The summed E-state index contributed by atoms with van der Waals surface area (Å²) >= 11 is 8.32. The van der Waals surface area contributed by atoms with E-state index >= 15 is 0 Å². The van der Waals surface area contributed by atoms with Gasteiger partial charge in [-0.3, -0.25) is 0 Å². The van der Waals surface area contributed by atoms with Crippen LogP contribution < -0.4 is 4.74 Å². The molecule has 92 valence electrons. The zero-order valence-electron chi connectivity index (χ0n) is 9.65. The second kappa shape index (κ2) is 6.52. The van der Waals surface area contributed by atoms with E-state index < -0.39 is 0 Å². The third-order valence-electron chi connectivity index (χ3n) is 2.34. The van der Waals surface area contributed by atoms with E-state index in [0.29, 0.717) is 17.4 Å². The highest BCUT2D eigenvalue weighted by atomic mass is 32.1. The van der Waals surface area contributed by atoms with E-state index in [1.165, 1.54) is 0 Å². The van der Waals surface area contributed by atoms with E-state index in [-0.39, 0.29) is 0 Å². The number of benzene rings is 1. The Bertz CT molecular complexity index is 541. The van der Waals surface area contributed by atoms with Crippen LogP contribution in [0.3, 0.4) is 0 Å². The molecule has 0 bridgehead atoms. The molecule has 0 aliphatic rings. The number of thiol groups is 2. The second-order valence-electron chi connectivity index (χ2n) is 3.65. The smallest absolute Gasteiger partial charge is 0.214 e. The summed E-state index contributed by atoms with van der Waals surface area (Å²) in [5, 5.41) is 1.60. The SMILES string of the molecule is S/C=C(\S)c1cccc(OCc2ccccc2)n1. The molecule has 0 radical (unpaired) electrons. The van der Waals surface area contributed by atoms with Crippen LogP contribution in [0.4, 0.5) is 0 Å². The van der Waals surface area contributed by atoms with Crippen LogP contribution in [0, 0.1) is 0 Å². The fourth-order valence-electron chi connectivity index (χ4n) is 1.44. The molecule has 0 aliphatic heterocycles. The lowest BCUT2D eigenvalue weighted by Crippen LogP contribution is -1.98. The first-order valence-corrected chi connectivity index (χ1v) is 6.43. The van der Waals surface area contributed by atoms with Gasteiger partial charge in [-0.2, -0.15) is 12.6 Å². The molecular formula is C14H13NOS2. The standard InChI is InChI=1S/C14H13NOS2/c17-10-13(18)12-7-4-8-14(15-12)16-9-11-5-2-1-3-6-11/h1-8,10,17-18H,9H2/b13-10-. The Morgan fingerprint density at radius 2 is 1.89 bits per heavy atom. The van der Waals surface area contributed by atoms with Crippen molar-refractivity contribution in [2.75, 3.05) is 0 Å². The van der Waals surface area contributed by atoms with E-state index in [2.05, 4.69) is 30.2 Å². The van der Waals surface area contributed by atoms with E-state index in [4.69, 9.17) is 4.74 Å². The van der Waals surface area contributed by atoms with Gasteiger partial charge in [0.05, 0.1) is 5.69 Å². The maximum absolute atomic E-state index is 5.63. The maximum atomic E-state index is 5.63. The first-order valence-electron chi connectivity index (χ1n) is 5.47. The molecule has 0 fully saturated rings. The first kappa shape index (κ1) is 13.1. The molecule has 0 spiro atoms. The van der Waals surface area contributed by atoms with Crippen molar-refractivity contribution >= 4 is 30.2 Å². The quantitative estimate of drug-likeness (QED) is 0.828. The molecule has 0 aliphatic carbocycles. The van der Waals surface area contributed by atoms with Gasteiger partial charge in [0.1, 0.15) is 6.61 Å². The van der Waals surface area contributed by atoms with Crippen molar-refractivity contribution in [1.82, 2.24) is 4.98 Å². The monoisotopic (exact) mass is 275 g/mol. The molecule has 0 amide bonds. The van der Waals surface area contributed by atoms with Crippen LogP contribution in [0.5, 0.6) is 5.88 Å². The lowest BCUT2D eigenvalue weighted by Gasteiger charge is -2.06. The van der Waals surface area contributed by atoms with Crippen LogP contribution in [0.1, 0.15) is 11.3 Å². The van der Waals surface area contributed by atoms with Gasteiger partial charge in [-0.25, -0.2) is 4.98 Å². The van der Waals surface area contributed by atoms with Crippen molar-refractivity contribution in [2.45, 2.75) is 6.61 Å². The normalized spacial score (nSPS) is 11.3. The Kier molecular flexibility index (Phi) is 4.73. The lowest BCUT2D eigenvalue weighted by atomic mass is 10.2. The van der Waals surface area contributed by atoms with Gasteiger partial charge < -0.3 is 4.74 Å². The van der Waals surface area contributed by atoms with Gasteiger partial charge in [0.15, 0.2) is 0 Å². The largest absolute Gasteiger partial charge is 0.473 e. The molecular weight excluding hydrogens is 262 g/mol. The van der Waals surface area contributed by atoms with E-state index in [0.717, 1.165) is 11.3 Å². The van der Waals surface area contributed by atoms with Crippen molar-refractivity contribution in [2.24, 2.45) is 0 Å². The zero-order valence-corrected chi connectivity index (χ0v) is 11.4. The zero-order chi connectivity index (χ0) is 12.8. The summed E-state index contributed by atoms with van der Waals surface area (Å²) in [5.41, 5.74) is 1.86. The van der Waals surface area contributed by atoms with Crippen molar-refractivity contribution < 1.29 is 4.74 Å². The molecule has 2 rings (SSSR count). The first-order chi connectivity index (χ1) is 8.79. The van der Waals surface area contributed by atoms with Crippen LogP contribution >= 0.6 is 25.3 Å². The van der Waals surface area contributed by atoms with Gasteiger partial charge in [-0.15, -0.1) is 12.6 Å². The molecule has 0 saturated carbocycles. The third kappa shape index (κ3) is 3.55. The molecule has 0 unspecified atom stereocenters. The van der Waals surface area contributed by atoms with Crippen LogP contribution in [-0.4, -0.2) is 4.98 Å². The Hall–Kier alpha value is -1.39. The fraction of sp³-hybridized carbons (Fsp3) is 0.0714. The van der Waals surface area contributed by atoms with Crippen molar-refractivity contribution in [3.63, 3.8) is 0 Å². The maximum Gasteiger partial charge on any atom is 0.214 e. The summed E-state index contributed by atoms with van der Waals surface area (Å²) in [4.78, 5) is 5.05. The Labute approximate surface area is 118 Å². The second-order valence-corrected chi connectivity index (χ2v) is 4.39. The van der Waals surface area contributed by atoms with E-state index in [9.17, 15) is 0 Å². The number of hydrogen-bond acceptors (Lipinski definition) is 4. The number of nitrogens with zero attached hydrogens (tertiary/aromatic N) is 1. The van der Waals surface area contributed by atoms with E-state index in [1.54, 1.807) is 5.41 Å². The molecule has 1 aromatic heterocycles. The molecule has 1 aromatic carbocycles. The summed E-state index contributed by atoms with van der Waals surface area (Å²) in [6.07, 6.45) is 0. The van der Waals surface area contributed by atoms with Gasteiger partial charge >= 0.3 is 0 Å². The average Bonchev–Trinajstić information content (AvgIpc) is 2.45. The van der Waals surface area contributed by atoms with Crippen molar-refractivity contribution in [1.29, 1.82) is 0 Å². The van der Waals surface area contributed by atoms with Crippen LogP contribution in [0.2, 0.25) is 0 Å². The minimum Gasteiger partial charge on any atom is -0.473 e. The number of rotatable bonds is 4. The lowest BCUT2D eigenvalue weighted by molar-refractivity contribution is 0.293. The minimum atomic E-state index is 0.504. The molecule has 0 atom stereocenters. The number of hydrogen-bond donors (Lipinski definition) is 2. The predicted molar refractivity (Wildman–Crippen MR) is 81.0 cm³/mol. The third-order valence-corrected chi connectivity index (χ3v) is 3.16. The van der Waals surface area contributed by atoms with Crippen LogP contribution in [0.15, 0.2) is 53.9 Å². The average molecular weight is 275 g/mol. The fourth-order valence-corrected chi connectivity index (χ4v) is 1.69. The molecule has 0 N–H and O–H groups in total. The van der Waals surface area contributed by atoms with Gasteiger partial charge in [0, 0.05) is 11.0 Å². The van der Waals surface area contributed by atoms with Gasteiger partial charge in [0.25, 0.3) is 0 Å². The van der Waals surface area contributed by atoms with Crippen molar-refractivity contribution in [3.8, 4) is 5.88 Å². The summed E-state index contributed by atoms with van der Waals surface area (Å²) in [6, 6.07) is 15.6. The Morgan fingerprint density at radius 1 is 1.11 bits per heavy atom. The Morgan fingerprint density at radius 3 is 2.61 bits per heavy atom. The summed E-state index contributed by atoms with van der Waals surface area (Å²) < 4.78 is 5.63. The topological polar surface area (TPSA) is 22.1 Å². The van der Waals surface area contributed by atoms with Crippen LogP contribution in [-0.2, 0) is 6.61 Å². The number of aromatic nitrogens is 1. The molecule has 1 heterocycles. The van der Waals surface area contributed by atoms with Gasteiger partial charge in [-0.1, -0.05) is 36.4 Å². The summed E-state index contributed by atoms with van der Waals surface area (Å²) in [7, 11) is 0. The molecule has 2 nitrogen and oxygen atoms in total. The number of pyridine rings is 1. The van der Waals surface area contributed by atoms with Gasteiger partial charge in [-0.05, 0) is 17.0 Å². The highest BCUT2D eigenvalue weighted by molar-refractivity contribution is 7.92. The Balaban J connectivity index is 2.06. The molecule has 4 heteroatoms. The minimum absolute atomic E-state index is 0.504.